The maximum atomic E-state index is 13.6. The van der Waals surface area contributed by atoms with E-state index in [1.54, 1.807) is 0 Å². The smallest absolute Gasteiger partial charge is 0.273 e. The number of carbonyl (C=O) groups excluding carboxylic acids is 2. The molecule has 2 aliphatic rings. The number of carbonyl (C=O) groups is 2. The molecule has 1 aromatic carbocycles. The Morgan fingerprint density at radius 3 is 2.78 bits per heavy atom. The summed E-state index contributed by atoms with van der Waals surface area (Å²) in [6.45, 7) is 7.68. The Balaban J connectivity index is 1.46. The van der Waals surface area contributed by atoms with Gasteiger partial charge in [-0.2, -0.15) is 0 Å². The predicted octanol–water partition coefficient (Wildman–Crippen LogP) is 3.92. The van der Waals surface area contributed by atoms with E-state index < -0.39 is 0 Å². The third kappa shape index (κ3) is 5.93. The summed E-state index contributed by atoms with van der Waals surface area (Å²) in [5.41, 5.74) is 3.48. The molecule has 5 rings (SSSR count). The molecule has 2 fully saturated rings. The number of piperidine rings is 1. The number of hydrogen-bond acceptors (Lipinski definition) is 7. The fourth-order valence-electron chi connectivity index (χ4n) is 5.32. The van der Waals surface area contributed by atoms with Crippen LogP contribution in [0.1, 0.15) is 58.7 Å². The second-order valence-corrected chi connectivity index (χ2v) is 11.3. The quantitative estimate of drug-likeness (QED) is 0.483. The van der Waals surface area contributed by atoms with Crippen molar-refractivity contribution in [3.8, 4) is 0 Å². The number of aliphatic hydroxyl groups is 1. The van der Waals surface area contributed by atoms with E-state index >= 15 is 0 Å². The Labute approximate surface area is 221 Å². The molecule has 196 valence electrons. The molecular formula is C28H35N5O3S. The fourth-order valence-corrected chi connectivity index (χ4v) is 5.91. The van der Waals surface area contributed by atoms with E-state index in [4.69, 9.17) is 4.98 Å². The van der Waals surface area contributed by atoms with Crippen LogP contribution >= 0.6 is 11.3 Å². The van der Waals surface area contributed by atoms with Crippen LogP contribution in [0.3, 0.4) is 0 Å². The number of aryl methyl sites for hydroxylation is 2. The Morgan fingerprint density at radius 1 is 1.19 bits per heavy atom. The minimum atomic E-state index is -0.384. The van der Waals surface area contributed by atoms with Crippen molar-refractivity contribution in [3.63, 3.8) is 0 Å². The van der Waals surface area contributed by atoms with Gasteiger partial charge in [-0.3, -0.25) is 9.59 Å². The predicted molar refractivity (Wildman–Crippen MR) is 146 cm³/mol. The van der Waals surface area contributed by atoms with Gasteiger partial charge in [0.2, 0.25) is 5.91 Å². The third-order valence-electron chi connectivity index (χ3n) is 7.24. The van der Waals surface area contributed by atoms with Crippen LogP contribution in [-0.2, 0) is 11.3 Å². The highest BCUT2D eigenvalue weighted by molar-refractivity contribution is 7.09. The second-order valence-electron chi connectivity index (χ2n) is 10.2. The highest BCUT2D eigenvalue weighted by Gasteiger charge is 2.26. The SMILES string of the molecule is Cc1ccc2cc(CN(CCCN3CCCC3=O)C(=O)c3csc(C)n3)c(N3CCC[C@H](O)C3)nc2c1. The van der Waals surface area contributed by atoms with E-state index in [9.17, 15) is 14.7 Å². The lowest BCUT2D eigenvalue weighted by Crippen LogP contribution is -2.40. The lowest BCUT2D eigenvalue weighted by atomic mass is 10.0. The minimum absolute atomic E-state index is 0.106. The maximum Gasteiger partial charge on any atom is 0.273 e. The van der Waals surface area contributed by atoms with Crippen molar-refractivity contribution in [2.75, 3.05) is 37.6 Å². The van der Waals surface area contributed by atoms with Crippen LogP contribution in [0, 0.1) is 13.8 Å². The number of thiazole rings is 1. The van der Waals surface area contributed by atoms with E-state index in [2.05, 4.69) is 41.1 Å². The van der Waals surface area contributed by atoms with Gasteiger partial charge in [0.1, 0.15) is 11.5 Å². The lowest BCUT2D eigenvalue weighted by Gasteiger charge is -2.33. The van der Waals surface area contributed by atoms with E-state index in [1.165, 1.54) is 11.3 Å². The Morgan fingerprint density at radius 2 is 2.05 bits per heavy atom. The van der Waals surface area contributed by atoms with E-state index in [0.717, 1.165) is 65.2 Å². The number of β-amino-alcohol motifs (C(OH)–C–C–N with tert-alkyl or cyclic N) is 1. The van der Waals surface area contributed by atoms with E-state index in [1.807, 2.05) is 22.1 Å². The van der Waals surface area contributed by atoms with Crippen LogP contribution in [0.5, 0.6) is 0 Å². The van der Waals surface area contributed by atoms with Gasteiger partial charge in [0.15, 0.2) is 0 Å². The number of rotatable bonds is 8. The normalized spacial score (nSPS) is 18.1. The second kappa shape index (κ2) is 11.1. The van der Waals surface area contributed by atoms with Crippen molar-refractivity contribution in [3.05, 3.63) is 51.5 Å². The summed E-state index contributed by atoms with van der Waals surface area (Å²) in [4.78, 5) is 41.1. The molecule has 0 saturated carbocycles. The summed E-state index contributed by atoms with van der Waals surface area (Å²) < 4.78 is 0. The summed E-state index contributed by atoms with van der Waals surface area (Å²) in [7, 11) is 0. The molecule has 2 aromatic heterocycles. The number of nitrogens with zero attached hydrogens (tertiary/aromatic N) is 5. The number of aliphatic hydroxyl groups excluding tert-OH is 1. The highest BCUT2D eigenvalue weighted by Crippen LogP contribution is 2.29. The summed E-state index contributed by atoms with van der Waals surface area (Å²) in [5, 5.41) is 14.1. The molecule has 4 heterocycles. The molecule has 37 heavy (non-hydrogen) atoms. The number of amides is 2. The monoisotopic (exact) mass is 521 g/mol. The first-order valence-corrected chi connectivity index (χ1v) is 14.1. The number of pyridine rings is 1. The topological polar surface area (TPSA) is 89.9 Å². The molecule has 1 N–H and O–H groups in total. The van der Waals surface area contributed by atoms with Crippen LogP contribution in [0.25, 0.3) is 10.9 Å². The molecule has 0 bridgehead atoms. The first-order chi connectivity index (χ1) is 17.9. The van der Waals surface area contributed by atoms with Crippen molar-refractivity contribution < 1.29 is 14.7 Å². The zero-order chi connectivity index (χ0) is 25.9. The number of fused-ring (bicyclic) bond motifs is 1. The van der Waals surface area contributed by atoms with Crippen molar-refractivity contribution >= 4 is 39.9 Å². The Kier molecular flexibility index (Phi) is 7.71. The molecule has 2 amide bonds. The van der Waals surface area contributed by atoms with Gasteiger partial charge in [0.05, 0.1) is 16.6 Å². The molecule has 0 spiro atoms. The van der Waals surface area contributed by atoms with Gasteiger partial charge in [-0.1, -0.05) is 12.1 Å². The molecule has 8 nitrogen and oxygen atoms in total. The number of aromatic nitrogens is 2. The van der Waals surface area contributed by atoms with Gasteiger partial charge in [-0.25, -0.2) is 9.97 Å². The van der Waals surface area contributed by atoms with Crippen LogP contribution in [-0.4, -0.2) is 75.5 Å². The summed E-state index contributed by atoms with van der Waals surface area (Å²) in [5.74, 6) is 0.928. The molecule has 0 aliphatic carbocycles. The van der Waals surface area contributed by atoms with Gasteiger partial charge in [-0.15, -0.1) is 11.3 Å². The molecule has 1 atom stereocenters. The summed E-state index contributed by atoms with van der Waals surface area (Å²) >= 11 is 1.47. The Bertz CT molecular complexity index is 1290. The molecular weight excluding hydrogens is 486 g/mol. The van der Waals surface area contributed by atoms with Crippen molar-refractivity contribution in [2.24, 2.45) is 0 Å². The number of hydrogen-bond donors (Lipinski definition) is 1. The van der Waals surface area contributed by atoms with Crippen molar-refractivity contribution in [1.82, 2.24) is 19.8 Å². The average Bonchev–Trinajstić information content (AvgIpc) is 3.50. The van der Waals surface area contributed by atoms with Gasteiger partial charge < -0.3 is 19.8 Å². The lowest BCUT2D eigenvalue weighted by molar-refractivity contribution is -0.127. The maximum absolute atomic E-state index is 13.6. The first-order valence-electron chi connectivity index (χ1n) is 13.2. The summed E-state index contributed by atoms with van der Waals surface area (Å²) in [6.07, 6.45) is 3.55. The van der Waals surface area contributed by atoms with Crippen molar-refractivity contribution in [2.45, 2.75) is 58.6 Å². The first kappa shape index (κ1) is 25.6. The van der Waals surface area contributed by atoms with E-state index in [-0.39, 0.29) is 17.9 Å². The molecule has 2 aliphatic heterocycles. The van der Waals surface area contributed by atoms with Crippen LogP contribution in [0.4, 0.5) is 5.82 Å². The highest BCUT2D eigenvalue weighted by atomic mass is 32.1. The molecule has 9 heteroatoms. The Hall–Kier alpha value is -3.04. The number of benzene rings is 1. The minimum Gasteiger partial charge on any atom is -0.391 e. The largest absolute Gasteiger partial charge is 0.391 e. The number of anilines is 1. The van der Waals surface area contributed by atoms with Gasteiger partial charge in [0.25, 0.3) is 5.91 Å². The van der Waals surface area contributed by atoms with Crippen molar-refractivity contribution in [1.29, 1.82) is 0 Å². The number of likely N-dealkylation sites (tertiary alicyclic amines) is 1. The zero-order valence-electron chi connectivity index (χ0n) is 21.7. The standard InChI is InChI=1S/C28H35N5O3S/c1-19-8-9-21-15-22(27(30-24(21)14-19)32-11-3-6-23(34)17-32)16-33(28(36)25-18-37-20(2)29-25)13-5-12-31-10-4-7-26(31)35/h8-9,14-15,18,23,34H,3-7,10-13,16-17H2,1-2H3/t23-/m0/s1. The zero-order valence-corrected chi connectivity index (χ0v) is 22.5. The molecule has 0 radical (unpaired) electrons. The van der Waals surface area contributed by atoms with E-state index in [0.29, 0.717) is 44.7 Å². The molecule has 3 aromatic rings. The molecule has 2 saturated heterocycles. The van der Waals surface area contributed by atoms with Gasteiger partial charge >= 0.3 is 0 Å². The average molecular weight is 522 g/mol. The summed E-state index contributed by atoms with van der Waals surface area (Å²) in [6, 6.07) is 8.36. The van der Waals surface area contributed by atoms with Crippen LogP contribution in [0.2, 0.25) is 0 Å². The van der Waals surface area contributed by atoms with Crippen LogP contribution in [0.15, 0.2) is 29.6 Å². The fraction of sp³-hybridized carbons (Fsp3) is 0.500. The van der Waals surface area contributed by atoms with Crippen LogP contribution < -0.4 is 4.90 Å². The van der Waals surface area contributed by atoms with Gasteiger partial charge in [0, 0.05) is 62.0 Å². The molecule has 0 unspecified atom stereocenters. The van der Waals surface area contributed by atoms with Gasteiger partial charge in [-0.05, 0) is 57.2 Å². The third-order valence-corrected chi connectivity index (χ3v) is 8.01.